The van der Waals surface area contributed by atoms with Crippen molar-refractivity contribution in [2.45, 2.75) is 71.1 Å². The summed E-state index contributed by atoms with van der Waals surface area (Å²) in [4.78, 5) is 1.51. The quantitative estimate of drug-likeness (QED) is 0.583. The molecule has 0 radical (unpaired) electrons. The monoisotopic (exact) mass is 308 g/mol. The molecule has 0 aliphatic rings. The number of rotatable bonds is 8. The van der Waals surface area contributed by atoms with Gasteiger partial charge < -0.3 is 4.74 Å². The van der Waals surface area contributed by atoms with Crippen molar-refractivity contribution in [1.29, 1.82) is 0 Å². The fourth-order valence-electron chi connectivity index (χ4n) is 3.40. The SMILES string of the molecule is CCCc1c(CC)c(C)c(CCOC)c(SC)c1C(C)C. The molecule has 0 bridgehead atoms. The number of benzene rings is 1. The molecule has 0 atom stereocenters. The summed E-state index contributed by atoms with van der Waals surface area (Å²) in [6.07, 6.45) is 6.80. The van der Waals surface area contributed by atoms with Gasteiger partial charge in [-0.25, -0.2) is 0 Å². The number of ether oxygens (including phenoxy) is 1. The van der Waals surface area contributed by atoms with E-state index in [4.69, 9.17) is 4.74 Å². The molecule has 0 saturated heterocycles. The minimum Gasteiger partial charge on any atom is -0.384 e. The second kappa shape index (κ2) is 8.85. The van der Waals surface area contributed by atoms with Crippen LogP contribution in [0.3, 0.4) is 0 Å². The van der Waals surface area contributed by atoms with Gasteiger partial charge in [-0.15, -0.1) is 11.8 Å². The highest BCUT2D eigenvalue weighted by atomic mass is 32.2. The van der Waals surface area contributed by atoms with E-state index >= 15 is 0 Å². The molecule has 0 fully saturated rings. The number of thioether (sulfide) groups is 1. The summed E-state index contributed by atoms with van der Waals surface area (Å²) in [5.74, 6) is 0.584. The van der Waals surface area contributed by atoms with Crippen molar-refractivity contribution in [3.63, 3.8) is 0 Å². The zero-order valence-electron chi connectivity index (χ0n) is 14.9. The van der Waals surface area contributed by atoms with Crippen molar-refractivity contribution in [2.24, 2.45) is 0 Å². The minimum absolute atomic E-state index is 0.584. The summed E-state index contributed by atoms with van der Waals surface area (Å²) in [7, 11) is 1.80. The second-order valence-electron chi connectivity index (χ2n) is 6.01. The van der Waals surface area contributed by atoms with E-state index in [1.807, 2.05) is 11.8 Å². The van der Waals surface area contributed by atoms with Crippen molar-refractivity contribution in [3.05, 3.63) is 27.8 Å². The van der Waals surface area contributed by atoms with Gasteiger partial charge in [0.15, 0.2) is 0 Å². The Balaban J connectivity index is 3.62. The molecule has 1 nitrogen and oxygen atoms in total. The molecule has 0 aliphatic carbocycles. The third kappa shape index (κ3) is 4.04. The average Bonchev–Trinajstić information content (AvgIpc) is 2.45. The fraction of sp³-hybridized carbons (Fsp3) is 0.684. The first-order valence-electron chi connectivity index (χ1n) is 8.23. The molecule has 2 heteroatoms. The summed E-state index contributed by atoms with van der Waals surface area (Å²) in [6.45, 7) is 12.4. The van der Waals surface area contributed by atoms with Gasteiger partial charge in [0.2, 0.25) is 0 Å². The maximum atomic E-state index is 5.34. The molecular weight excluding hydrogens is 276 g/mol. The van der Waals surface area contributed by atoms with E-state index in [1.54, 1.807) is 23.8 Å². The molecular formula is C19H32OS. The van der Waals surface area contributed by atoms with Crippen LogP contribution in [0.5, 0.6) is 0 Å². The van der Waals surface area contributed by atoms with E-state index in [0.717, 1.165) is 19.4 Å². The normalized spacial score (nSPS) is 11.4. The Labute approximate surface area is 135 Å². The molecule has 0 aliphatic heterocycles. The van der Waals surface area contributed by atoms with Crippen LogP contribution in [0.1, 0.15) is 67.9 Å². The minimum atomic E-state index is 0.584. The van der Waals surface area contributed by atoms with Gasteiger partial charge in [0.1, 0.15) is 0 Å². The Morgan fingerprint density at radius 3 is 2.14 bits per heavy atom. The van der Waals surface area contributed by atoms with Gasteiger partial charge in [-0.2, -0.15) is 0 Å². The van der Waals surface area contributed by atoms with Gasteiger partial charge in [-0.05, 0) is 66.2 Å². The predicted octanol–water partition coefficient (Wildman–Crippen LogP) is 5.54. The highest BCUT2D eigenvalue weighted by Crippen LogP contribution is 2.39. The lowest BCUT2D eigenvalue weighted by Crippen LogP contribution is -2.11. The van der Waals surface area contributed by atoms with Crippen LogP contribution in [0, 0.1) is 6.92 Å². The maximum Gasteiger partial charge on any atom is 0.0503 e. The summed E-state index contributed by atoms with van der Waals surface area (Å²) in [6, 6.07) is 0. The highest BCUT2D eigenvalue weighted by molar-refractivity contribution is 7.98. The Kier molecular flexibility index (Phi) is 7.83. The molecule has 1 rings (SSSR count). The van der Waals surface area contributed by atoms with Crippen molar-refractivity contribution in [2.75, 3.05) is 20.0 Å². The van der Waals surface area contributed by atoms with E-state index in [9.17, 15) is 0 Å². The van der Waals surface area contributed by atoms with Crippen LogP contribution < -0.4 is 0 Å². The van der Waals surface area contributed by atoms with Crippen molar-refractivity contribution < 1.29 is 4.74 Å². The summed E-state index contributed by atoms with van der Waals surface area (Å²) in [5, 5.41) is 0. The van der Waals surface area contributed by atoms with E-state index in [2.05, 4.69) is 40.9 Å². The summed E-state index contributed by atoms with van der Waals surface area (Å²) in [5.41, 5.74) is 7.83. The zero-order valence-corrected chi connectivity index (χ0v) is 15.7. The first kappa shape index (κ1) is 18.6. The largest absolute Gasteiger partial charge is 0.384 e. The Morgan fingerprint density at radius 2 is 1.71 bits per heavy atom. The third-order valence-electron chi connectivity index (χ3n) is 4.30. The fourth-order valence-corrected chi connectivity index (χ4v) is 4.48. The van der Waals surface area contributed by atoms with E-state index in [-0.39, 0.29) is 0 Å². The predicted molar refractivity (Wildman–Crippen MR) is 96.0 cm³/mol. The van der Waals surface area contributed by atoms with Crippen molar-refractivity contribution >= 4 is 11.8 Å². The van der Waals surface area contributed by atoms with Crippen molar-refractivity contribution in [3.8, 4) is 0 Å². The van der Waals surface area contributed by atoms with Crippen LogP contribution in [0.2, 0.25) is 0 Å². The second-order valence-corrected chi connectivity index (χ2v) is 6.83. The number of hydrogen-bond acceptors (Lipinski definition) is 2. The number of methoxy groups -OCH3 is 1. The Hall–Kier alpha value is -0.470. The Morgan fingerprint density at radius 1 is 1.05 bits per heavy atom. The maximum absolute atomic E-state index is 5.34. The number of hydrogen-bond donors (Lipinski definition) is 0. The molecule has 1 aromatic rings. The molecule has 1 aromatic carbocycles. The first-order chi connectivity index (χ1) is 10.0. The highest BCUT2D eigenvalue weighted by Gasteiger charge is 2.21. The average molecular weight is 309 g/mol. The molecule has 0 N–H and O–H groups in total. The van der Waals surface area contributed by atoms with Gasteiger partial charge in [-0.3, -0.25) is 0 Å². The van der Waals surface area contributed by atoms with Crippen LogP contribution >= 0.6 is 11.8 Å². The van der Waals surface area contributed by atoms with Gasteiger partial charge in [-0.1, -0.05) is 34.1 Å². The van der Waals surface area contributed by atoms with E-state index in [1.165, 1.54) is 28.9 Å². The molecule has 21 heavy (non-hydrogen) atoms. The lowest BCUT2D eigenvalue weighted by atomic mass is 9.83. The Bertz CT molecular complexity index is 463. The smallest absolute Gasteiger partial charge is 0.0503 e. The van der Waals surface area contributed by atoms with Crippen LogP contribution in [0.4, 0.5) is 0 Å². The first-order valence-corrected chi connectivity index (χ1v) is 9.45. The summed E-state index contributed by atoms with van der Waals surface area (Å²) >= 11 is 1.92. The topological polar surface area (TPSA) is 9.23 Å². The van der Waals surface area contributed by atoms with E-state index in [0.29, 0.717) is 5.92 Å². The van der Waals surface area contributed by atoms with Gasteiger partial charge in [0.25, 0.3) is 0 Å². The lowest BCUT2D eigenvalue weighted by molar-refractivity contribution is 0.201. The van der Waals surface area contributed by atoms with Crippen LogP contribution in [-0.4, -0.2) is 20.0 Å². The molecule has 0 spiro atoms. The molecule has 0 heterocycles. The third-order valence-corrected chi connectivity index (χ3v) is 5.18. The van der Waals surface area contributed by atoms with Crippen LogP contribution in [-0.2, 0) is 24.0 Å². The van der Waals surface area contributed by atoms with Gasteiger partial charge in [0, 0.05) is 12.0 Å². The summed E-state index contributed by atoms with van der Waals surface area (Å²) < 4.78 is 5.34. The lowest BCUT2D eigenvalue weighted by Gasteiger charge is -2.26. The van der Waals surface area contributed by atoms with E-state index < -0.39 is 0 Å². The van der Waals surface area contributed by atoms with Gasteiger partial charge in [0.05, 0.1) is 6.61 Å². The van der Waals surface area contributed by atoms with Crippen LogP contribution in [0.25, 0.3) is 0 Å². The standard InChI is InChI=1S/C19H32OS/c1-8-10-17-15(9-2)14(5)16(11-12-20-6)19(21-7)18(17)13(3)4/h13H,8-12H2,1-7H3. The molecule has 0 unspecified atom stereocenters. The molecule has 0 amide bonds. The van der Waals surface area contributed by atoms with Crippen molar-refractivity contribution in [1.82, 2.24) is 0 Å². The van der Waals surface area contributed by atoms with Gasteiger partial charge >= 0.3 is 0 Å². The molecule has 0 saturated carbocycles. The zero-order chi connectivity index (χ0) is 16.0. The van der Waals surface area contributed by atoms with Crippen LogP contribution in [0.15, 0.2) is 4.90 Å². The molecule has 0 aromatic heterocycles. The molecule has 120 valence electrons.